The standard InChI is InChI=1S/C15H23N3O/c1-11(2)18-8-6-14(7-9-18)17-15(19)12-4-3-5-13(16)10-12/h3-5,10-11,14H,6-9,16H2,1-2H3,(H,17,19). The summed E-state index contributed by atoms with van der Waals surface area (Å²) in [5.74, 6) is -0.0182. The summed E-state index contributed by atoms with van der Waals surface area (Å²) in [5.41, 5.74) is 6.97. The summed E-state index contributed by atoms with van der Waals surface area (Å²) in [7, 11) is 0. The van der Waals surface area contributed by atoms with Crippen LogP contribution in [0, 0.1) is 0 Å². The lowest BCUT2D eigenvalue weighted by Gasteiger charge is -2.34. The van der Waals surface area contributed by atoms with Crippen molar-refractivity contribution in [1.82, 2.24) is 10.2 Å². The molecule has 1 aromatic rings. The van der Waals surface area contributed by atoms with Crippen LogP contribution in [0.25, 0.3) is 0 Å². The Balaban J connectivity index is 1.87. The third-order valence-corrected chi connectivity index (χ3v) is 3.74. The number of nitrogens with zero attached hydrogens (tertiary/aromatic N) is 1. The molecule has 0 radical (unpaired) electrons. The van der Waals surface area contributed by atoms with Gasteiger partial charge in [0, 0.05) is 36.4 Å². The molecule has 104 valence electrons. The SMILES string of the molecule is CC(C)N1CCC(NC(=O)c2cccc(N)c2)CC1. The normalized spacial score (nSPS) is 17.6. The predicted molar refractivity (Wildman–Crippen MR) is 78.1 cm³/mol. The Morgan fingerprint density at radius 1 is 1.37 bits per heavy atom. The Morgan fingerprint density at radius 2 is 2.05 bits per heavy atom. The average Bonchev–Trinajstić information content (AvgIpc) is 2.39. The van der Waals surface area contributed by atoms with Crippen LogP contribution >= 0.6 is 0 Å². The van der Waals surface area contributed by atoms with Crippen LogP contribution in [0.5, 0.6) is 0 Å². The molecule has 0 spiro atoms. The molecule has 1 saturated heterocycles. The molecule has 2 rings (SSSR count). The van der Waals surface area contributed by atoms with Crippen LogP contribution in [-0.4, -0.2) is 36.0 Å². The first kappa shape index (κ1) is 13.9. The Kier molecular flexibility index (Phi) is 4.43. The van der Waals surface area contributed by atoms with Crippen LogP contribution in [0.3, 0.4) is 0 Å². The first-order valence-electron chi connectivity index (χ1n) is 6.96. The molecular formula is C15H23N3O. The number of carbonyl (C=O) groups excluding carboxylic acids is 1. The van der Waals surface area contributed by atoms with Crippen molar-refractivity contribution < 1.29 is 4.79 Å². The van der Waals surface area contributed by atoms with Crippen LogP contribution in [0.15, 0.2) is 24.3 Å². The van der Waals surface area contributed by atoms with E-state index in [1.807, 2.05) is 6.07 Å². The quantitative estimate of drug-likeness (QED) is 0.817. The molecule has 0 bridgehead atoms. The number of anilines is 1. The number of nitrogen functional groups attached to an aromatic ring is 1. The summed E-state index contributed by atoms with van der Waals surface area (Å²) >= 11 is 0. The summed E-state index contributed by atoms with van der Waals surface area (Å²) in [6.45, 7) is 6.54. The molecule has 4 nitrogen and oxygen atoms in total. The lowest BCUT2D eigenvalue weighted by atomic mass is 10.0. The Hall–Kier alpha value is -1.55. The zero-order valence-electron chi connectivity index (χ0n) is 11.7. The zero-order valence-corrected chi connectivity index (χ0v) is 11.7. The number of likely N-dealkylation sites (tertiary alicyclic amines) is 1. The minimum absolute atomic E-state index is 0.0182. The number of rotatable bonds is 3. The van der Waals surface area contributed by atoms with E-state index in [9.17, 15) is 4.79 Å². The van der Waals surface area contributed by atoms with Crippen molar-refractivity contribution in [3.63, 3.8) is 0 Å². The minimum atomic E-state index is -0.0182. The van der Waals surface area contributed by atoms with Gasteiger partial charge in [-0.2, -0.15) is 0 Å². The van der Waals surface area contributed by atoms with E-state index in [-0.39, 0.29) is 11.9 Å². The lowest BCUT2D eigenvalue weighted by Crippen LogP contribution is -2.46. The maximum Gasteiger partial charge on any atom is 0.251 e. The van der Waals surface area contributed by atoms with Crippen molar-refractivity contribution in [3.05, 3.63) is 29.8 Å². The molecule has 0 aromatic heterocycles. The molecule has 1 heterocycles. The average molecular weight is 261 g/mol. The number of piperidine rings is 1. The van der Waals surface area contributed by atoms with E-state index in [1.165, 1.54) is 0 Å². The van der Waals surface area contributed by atoms with E-state index in [4.69, 9.17) is 5.73 Å². The number of amides is 1. The fraction of sp³-hybridized carbons (Fsp3) is 0.533. The van der Waals surface area contributed by atoms with Gasteiger partial charge in [-0.1, -0.05) is 6.07 Å². The van der Waals surface area contributed by atoms with Gasteiger partial charge in [0.05, 0.1) is 0 Å². The van der Waals surface area contributed by atoms with Gasteiger partial charge in [-0.25, -0.2) is 0 Å². The fourth-order valence-electron chi connectivity index (χ4n) is 2.51. The van der Waals surface area contributed by atoms with E-state index >= 15 is 0 Å². The summed E-state index contributed by atoms with van der Waals surface area (Å²) in [6, 6.07) is 7.99. The second-order valence-corrected chi connectivity index (χ2v) is 5.50. The molecule has 0 aliphatic carbocycles. The number of nitrogens with one attached hydrogen (secondary N) is 1. The van der Waals surface area contributed by atoms with Gasteiger partial charge in [-0.05, 0) is 44.9 Å². The van der Waals surface area contributed by atoms with Gasteiger partial charge >= 0.3 is 0 Å². The van der Waals surface area contributed by atoms with Crippen molar-refractivity contribution in [3.8, 4) is 0 Å². The molecule has 4 heteroatoms. The lowest BCUT2D eigenvalue weighted by molar-refractivity contribution is 0.0900. The monoisotopic (exact) mass is 261 g/mol. The number of hydrogen-bond acceptors (Lipinski definition) is 3. The molecule has 0 unspecified atom stereocenters. The number of carbonyl (C=O) groups is 1. The third kappa shape index (κ3) is 3.70. The number of benzene rings is 1. The second kappa shape index (κ2) is 6.06. The van der Waals surface area contributed by atoms with Gasteiger partial charge < -0.3 is 16.0 Å². The van der Waals surface area contributed by atoms with Crippen LogP contribution in [-0.2, 0) is 0 Å². The minimum Gasteiger partial charge on any atom is -0.399 e. The Bertz CT molecular complexity index is 437. The molecule has 0 atom stereocenters. The molecule has 1 aliphatic heterocycles. The zero-order chi connectivity index (χ0) is 13.8. The number of hydrogen-bond donors (Lipinski definition) is 2. The van der Waals surface area contributed by atoms with Crippen LogP contribution in [0.2, 0.25) is 0 Å². The highest BCUT2D eigenvalue weighted by Crippen LogP contribution is 2.14. The first-order valence-corrected chi connectivity index (χ1v) is 6.96. The Morgan fingerprint density at radius 3 is 2.63 bits per heavy atom. The van der Waals surface area contributed by atoms with Crippen molar-refractivity contribution >= 4 is 11.6 Å². The molecule has 19 heavy (non-hydrogen) atoms. The summed E-state index contributed by atoms with van der Waals surface area (Å²) < 4.78 is 0. The maximum absolute atomic E-state index is 12.1. The fourth-order valence-corrected chi connectivity index (χ4v) is 2.51. The van der Waals surface area contributed by atoms with Gasteiger partial charge in [0.25, 0.3) is 5.91 Å². The van der Waals surface area contributed by atoms with Crippen molar-refractivity contribution in [2.24, 2.45) is 0 Å². The van der Waals surface area contributed by atoms with E-state index in [0.29, 0.717) is 17.3 Å². The highest BCUT2D eigenvalue weighted by molar-refractivity contribution is 5.95. The maximum atomic E-state index is 12.1. The van der Waals surface area contributed by atoms with Crippen molar-refractivity contribution in [2.45, 2.75) is 38.8 Å². The molecular weight excluding hydrogens is 238 g/mol. The van der Waals surface area contributed by atoms with E-state index in [0.717, 1.165) is 25.9 Å². The van der Waals surface area contributed by atoms with E-state index in [1.54, 1.807) is 18.2 Å². The van der Waals surface area contributed by atoms with E-state index < -0.39 is 0 Å². The molecule has 1 fully saturated rings. The van der Waals surface area contributed by atoms with Crippen molar-refractivity contribution in [2.75, 3.05) is 18.8 Å². The molecule has 1 aromatic carbocycles. The van der Waals surface area contributed by atoms with Crippen LogP contribution in [0.1, 0.15) is 37.0 Å². The molecule has 1 aliphatic rings. The summed E-state index contributed by atoms with van der Waals surface area (Å²) in [4.78, 5) is 14.5. The number of nitrogens with two attached hydrogens (primary N) is 1. The molecule has 0 saturated carbocycles. The largest absolute Gasteiger partial charge is 0.399 e. The van der Waals surface area contributed by atoms with Crippen LogP contribution < -0.4 is 11.1 Å². The van der Waals surface area contributed by atoms with Crippen molar-refractivity contribution in [1.29, 1.82) is 0 Å². The first-order chi connectivity index (χ1) is 9.06. The van der Waals surface area contributed by atoms with Gasteiger partial charge in [-0.3, -0.25) is 4.79 Å². The van der Waals surface area contributed by atoms with Gasteiger partial charge in [0.15, 0.2) is 0 Å². The van der Waals surface area contributed by atoms with Crippen LogP contribution in [0.4, 0.5) is 5.69 Å². The predicted octanol–water partition coefficient (Wildman–Crippen LogP) is 1.87. The molecule has 3 N–H and O–H groups in total. The van der Waals surface area contributed by atoms with Gasteiger partial charge in [0.1, 0.15) is 0 Å². The smallest absolute Gasteiger partial charge is 0.251 e. The third-order valence-electron chi connectivity index (χ3n) is 3.74. The topological polar surface area (TPSA) is 58.4 Å². The highest BCUT2D eigenvalue weighted by atomic mass is 16.1. The molecule has 1 amide bonds. The van der Waals surface area contributed by atoms with E-state index in [2.05, 4.69) is 24.1 Å². The highest BCUT2D eigenvalue weighted by Gasteiger charge is 2.22. The van der Waals surface area contributed by atoms with Gasteiger partial charge in [0.2, 0.25) is 0 Å². The summed E-state index contributed by atoms with van der Waals surface area (Å²) in [5, 5.41) is 3.10. The summed E-state index contributed by atoms with van der Waals surface area (Å²) in [6.07, 6.45) is 2.04. The second-order valence-electron chi connectivity index (χ2n) is 5.50. The Labute approximate surface area is 115 Å². The van der Waals surface area contributed by atoms with Gasteiger partial charge in [-0.15, -0.1) is 0 Å².